The summed E-state index contributed by atoms with van der Waals surface area (Å²) >= 11 is 0. The summed E-state index contributed by atoms with van der Waals surface area (Å²) in [6.07, 6.45) is -3.59. The molecule has 0 aliphatic carbocycles. The first-order valence-electron chi connectivity index (χ1n) is 12.4. The Hall–Kier alpha value is -3.90. The predicted molar refractivity (Wildman–Crippen MR) is 143 cm³/mol. The molecule has 0 unspecified atom stereocenters. The van der Waals surface area contributed by atoms with Crippen LogP contribution >= 0.6 is 0 Å². The van der Waals surface area contributed by atoms with Crippen LogP contribution in [0.2, 0.25) is 0 Å². The molecule has 1 aliphatic rings. The van der Waals surface area contributed by atoms with Crippen molar-refractivity contribution in [3.63, 3.8) is 0 Å². The lowest BCUT2D eigenvalue weighted by Crippen LogP contribution is -2.36. The Bertz CT molecular complexity index is 1280. The van der Waals surface area contributed by atoms with Crippen LogP contribution in [0.1, 0.15) is 11.3 Å². The third-order valence-electron chi connectivity index (χ3n) is 6.03. The van der Waals surface area contributed by atoms with E-state index in [0.717, 1.165) is 47.4 Å². The molecule has 1 aliphatic heterocycles. The van der Waals surface area contributed by atoms with Crippen LogP contribution in [0.25, 0.3) is 11.1 Å². The van der Waals surface area contributed by atoms with Crippen molar-refractivity contribution in [1.82, 2.24) is 14.9 Å². The van der Waals surface area contributed by atoms with Gasteiger partial charge in [0.15, 0.2) is 0 Å². The number of nitrogens with one attached hydrogen (secondary N) is 2. The molecule has 0 radical (unpaired) electrons. The molecule has 39 heavy (non-hydrogen) atoms. The second kappa shape index (κ2) is 12.3. The number of ether oxygens (including phenoxy) is 2. The number of hydrogen-bond acceptors (Lipinski definition) is 7. The van der Waals surface area contributed by atoms with E-state index in [1.165, 1.54) is 0 Å². The summed E-state index contributed by atoms with van der Waals surface area (Å²) in [5, 5.41) is 5.24. The van der Waals surface area contributed by atoms with E-state index in [4.69, 9.17) is 14.5 Å². The number of alkyl halides is 3. The van der Waals surface area contributed by atoms with Crippen LogP contribution in [-0.4, -0.2) is 74.4 Å². The standard InChI is InChI=1S/C27H31F3N6O3/c1-18-4-5-20(32-26(37)33-21-6-7-23(31-17-21)27(28,29)30)16-22(18)19-14-24(36-9-11-38-12-10-36)34-25(15-19)39-13-8-35(2)3/h4-7,14-17H,8-13H2,1-3H3,(H2,32,33,37). The normalized spacial score (nSPS) is 13.9. The summed E-state index contributed by atoms with van der Waals surface area (Å²) < 4.78 is 49.7. The first-order valence-corrected chi connectivity index (χ1v) is 12.4. The molecule has 208 valence electrons. The van der Waals surface area contributed by atoms with Crippen molar-refractivity contribution >= 4 is 23.2 Å². The largest absolute Gasteiger partial charge is 0.476 e. The minimum Gasteiger partial charge on any atom is -0.476 e. The number of aromatic nitrogens is 2. The lowest BCUT2D eigenvalue weighted by atomic mass is 10.0. The maximum atomic E-state index is 12.7. The van der Waals surface area contributed by atoms with Gasteiger partial charge in [0, 0.05) is 31.4 Å². The first-order chi connectivity index (χ1) is 18.6. The van der Waals surface area contributed by atoms with Crippen LogP contribution in [-0.2, 0) is 10.9 Å². The second-order valence-corrected chi connectivity index (χ2v) is 9.34. The minimum absolute atomic E-state index is 0.136. The van der Waals surface area contributed by atoms with Crippen molar-refractivity contribution in [3.8, 4) is 17.0 Å². The summed E-state index contributed by atoms with van der Waals surface area (Å²) in [5.74, 6) is 1.28. The highest BCUT2D eigenvalue weighted by Crippen LogP contribution is 2.32. The van der Waals surface area contributed by atoms with Crippen LogP contribution in [0.3, 0.4) is 0 Å². The Balaban J connectivity index is 1.54. The van der Waals surface area contributed by atoms with Crippen LogP contribution in [0.15, 0.2) is 48.7 Å². The zero-order chi connectivity index (χ0) is 28.0. The van der Waals surface area contributed by atoms with Gasteiger partial charge in [0.05, 0.1) is 25.1 Å². The summed E-state index contributed by atoms with van der Waals surface area (Å²) in [6.45, 7) is 5.84. The smallest absolute Gasteiger partial charge is 0.433 e. The molecular weight excluding hydrogens is 513 g/mol. The van der Waals surface area contributed by atoms with Gasteiger partial charge in [-0.1, -0.05) is 6.07 Å². The van der Waals surface area contributed by atoms with E-state index in [0.29, 0.717) is 44.5 Å². The zero-order valence-corrected chi connectivity index (χ0v) is 22.0. The number of urea groups is 1. The van der Waals surface area contributed by atoms with Gasteiger partial charge >= 0.3 is 12.2 Å². The number of pyridine rings is 2. The number of aryl methyl sites for hydroxylation is 1. The number of anilines is 3. The number of hydrogen-bond donors (Lipinski definition) is 2. The topological polar surface area (TPSA) is 91.8 Å². The Labute approximate surface area is 224 Å². The molecule has 2 aromatic heterocycles. The number of carbonyl (C=O) groups is 1. The Morgan fingerprint density at radius 3 is 2.46 bits per heavy atom. The lowest BCUT2D eigenvalue weighted by Gasteiger charge is -2.28. The molecule has 2 amide bonds. The third-order valence-corrected chi connectivity index (χ3v) is 6.03. The van der Waals surface area contributed by atoms with E-state index in [9.17, 15) is 18.0 Å². The van der Waals surface area contributed by atoms with Crippen LogP contribution in [0.5, 0.6) is 5.88 Å². The summed E-state index contributed by atoms with van der Waals surface area (Å²) in [5.41, 5.74) is 2.34. The van der Waals surface area contributed by atoms with Gasteiger partial charge in [-0.05, 0) is 68.0 Å². The van der Waals surface area contributed by atoms with Crippen molar-refractivity contribution in [2.75, 3.05) is 69.1 Å². The van der Waals surface area contributed by atoms with Gasteiger partial charge in [-0.25, -0.2) is 9.78 Å². The van der Waals surface area contributed by atoms with E-state index in [1.54, 1.807) is 6.07 Å². The molecular formula is C27H31F3N6O3. The Kier molecular flexibility index (Phi) is 8.87. The zero-order valence-electron chi connectivity index (χ0n) is 22.0. The number of likely N-dealkylation sites (N-methyl/N-ethyl adjacent to an activating group) is 1. The Morgan fingerprint density at radius 1 is 1.08 bits per heavy atom. The SMILES string of the molecule is Cc1ccc(NC(=O)Nc2ccc(C(F)(F)F)nc2)cc1-c1cc(OCCN(C)C)nc(N2CCOCC2)c1. The van der Waals surface area contributed by atoms with E-state index in [2.05, 4.69) is 20.5 Å². The molecule has 0 bridgehead atoms. The third kappa shape index (κ3) is 7.80. The molecule has 4 rings (SSSR count). The number of morpholine rings is 1. The number of carbonyl (C=O) groups excluding carboxylic acids is 1. The highest BCUT2D eigenvalue weighted by molar-refractivity contribution is 6.00. The van der Waals surface area contributed by atoms with Crippen molar-refractivity contribution in [2.45, 2.75) is 13.1 Å². The fraction of sp³-hybridized carbons (Fsp3) is 0.370. The van der Waals surface area contributed by atoms with Gasteiger partial charge < -0.3 is 29.9 Å². The Morgan fingerprint density at radius 2 is 1.79 bits per heavy atom. The molecule has 2 N–H and O–H groups in total. The van der Waals surface area contributed by atoms with E-state index in [1.807, 2.05) is 50.2 Å². The molecule has 0 spiro atoms. The maximum Gasteiger partial charge on any atom is 0.433 e. The average molecular weight is 545 g/mol. The summed E-state index contributed by atoms with van der Waals surface area (Å²) in [6, 6.07) is 10.7. The van der Waals surface area contributed by atoms with Crippen LogP contribution < -0.4 is 20.3 Å². The molecule has 3 heterocycles. The summed E-state index contributed by atoms with van der Waals surface area (Å²) in [4.78, 5) is 24.8. The molecule has 9 nitrogen and oxygen atoms in total. The molecule has 1 aromatic carbocycles. The number of benzene rings is 1. The van der Waals surface area contributed by atoms with E-state index < -0.39 is 17.9 Å². The maximum absolute atomic E-state index is 12.7. The van der Waals surface area contributed by atoms with Crippen LogP contribution in [0, 0.1) is 6.92 Å². The van der Waals surface area contributed by atoms with Gasteiger partial charge in [0.25, 0.3) is 0 Å². The van der Waals surface area contributed by atoms with E-state index >= 15 is 0 Å². The second-order valence-electron chi connectivity index (χ2n) is 9.34. The van der Waals surface area contributed by atoms with Gasteiger partial charge in [-0.15, -0.1) is 0 Å². The molecule has 3 aromatic rings. The molecule has 1 saturated heterocycles. The fourth-order valence-electron chi connectivity index (χ4n) is 3.95. The van der Waals surface area contributed by atoms with Crippen molar-refractivity contribution in [1.29, 1.82) is 0 Å². The van der Waals surface area contributed by atoms with Crippen molar-refractivity contribution in [2.24, 2.45) is 0 Å². The van der Waals surface area contributed by atoms with Crippen molar-refractivity contribution < 1.29 is 27.4 Å². The monoisotopic (exact) mass is 544 g/mol. The minimum atomic E-state index is -4.55. The predicted octanol–water partition coefficient (Wildman–Crippen LogP) is 4.89. The van der Waals surface area contributed by atoms with Gasteiger partial charge in [0.2, 0.25) is 5.88 Å². The highest BCUT2D eigenvalue weighted by Gasteiger charge is 2.32. The first kappa shape index (κ1) is 28.1. The molecule has 12 heteroatoms. The van der Waals surface area contributed by atoms with E-state index in [-0.39, 0.29) is 5.69 Å². The molecule has 1 fully saturated rings. The molecule has 0 saturated carbocycles. The highest BCUT2D eigenvalue weighted by atomic mass is 19.4. The summed E-state index contributed by atoms with van der Waals surface area (Å²) in [7, 11) is 3.94. The van der Waals surface area contributed by atoms with Crippen molar-refractivity contribution in [3.05, 3.63) is 59.9 Å². The lowest BCUT2D eigenvalue weighted by molar-refractivity contribution is -0.141. The van der Waals surface area contributed by atoms with Gasteiger partial charge in [0.1, 0.15) is 18.1 Å². The fourth-order valence-corrected chi connectivity index (χ4v) is 3.95. The van der Waals surface area contributed by atoms with Gasteiger partial charge in [-0.3, -0.25) is 0 Å². The molecule has 0 atom stereocenters. The average Bonchev–Trinajstić information content (AvgIpc) is 2.89. The quantitative estimate of drug-likeness (QED) is 0.417. The van der Waals surface area contributed by atoms with Crippen LogP contribution in [0.4, 0.5) is 35.2 Å². The number of halogens is 3. The number of amides is 2. The number of rotatable bonds is 8. The van der Waals surface area contributed by atoms with Gasteiger partial charge in [-0.2, -0.15) is 18.2 Å². The number of nitrogens with zero attached hydrogens (tertiary/aromatic N) is 4.